The number of phenols is 1. The van der Waals surface area contributed by atoms with Crippen LogP contribution in [0.25, 0.3) is 11.1 Å². The fourth-order valence-electron chi connectivity index (χ4n) is 1.57. The van der Waals surface area contributed by atoms with Crippen molar-refractivity contribution < 1.29 is 14.2 Å². The van der Waals surface area contributed by atoms with E-state index in [0.717, 1.165) is 0 Å². The average Bonchev–Trinajstić information content (AvgIpc) is 2.32. The molecule has 0 amide bonds. The van der Waals surface area contributed by atoms with Gasteiger partial charge in [0, 0.05) is 10.6 Å². The lowest BCUT2D eigenvalue weighted by Crippen LogP contribution is -1.88. The minimum absolute atomic E-state index is 0.0546. The lowest BCUT2D eigenvalue weighted by atomic mass is 10.0. The molecule has 88 valence electrons. The van der Waals surface area contributed by atoms with Gasteiger partial charge < -0.3 is 9.84 Å². The van der Waals surface area contributed by atoms with Crippen molar-refractivity contribution in [1.82, 2.24) is 0 Å². The summed E-state index contributed by atoms with van der Waals surface area (Å²) in [6.07, 6.45) is 0. The van der Waals surface area contributed by atoms with Gasteiger partial charge in [-0.05, 0) is 35.9 Å². The molecule has 0 aliphatic carbocycles. The first kappa shape index (κ1) is 11.7. The monoisotopic (exact) mass is 252 g/mol. The molecule has 0 bridgehead atoms. The van der Waals surface area contributed by atoms with Gasteiger partial charge >= 0.3 is 0 Å². The predicted molar refractivity (Wildman–Crippen MR) is 65.1 cm³/mol. The van der Waals surface area contributed by atoms with E-state index in [2.05, 4.69) is 0 Å². The molecule has 2 nitrogen and oxygen atoms in total. The molecule has 0 saturated carbocycles. The van der Waals surface area contributed by atoms with E-state index in [1.54, 1.807) is 18.2 Å². The molecule has 0 aromatic heterocycles. The quantitative estimate of drug-likeness (QED) is 0.879. The Balaban J connectivity index is 2.53. The van der Waals surface area contributed by atoms with E-state index >= 15 is 0 Å². The van der Waals surface area contributed by atoms with Crippen molar-refractivity contribution >= 4 is 11.6 Å². The molecule has 0 fully saturated rings. The van der Waals surface area contributed by atoms with Crippen molar-refractivity contribution in [3.8, 4) is 22.6 Å². The number of aromatic hydroxyl groups is 1. The number of ether oxygens (including phenoxy) is 1. The van der Waals surface area contributed by atoms with E-state index in [0.29, 0.717) is 16.1 Å². The molecule has 0 atom stereocenters. The molecule has 0 spiro atoms. The first-order valence-corrected chi connectivity index (χ1v) is 5.32. The Morgan fingerprint density at radius 1 is 1.18 bits per heavy atom. The van der Waals surface area contributed by atoms with Crippen molar-refractivity contribution in [1.29, 1.82) is 0 Å². The minimum atomic E-state index is -0.482. The van der Waals surface area contributed by atoms with Gasteiger partial charge in [-0.1, -0.05) is 17.7 Å². The van der Waals surface area contributed by atoms with Gasteiger partial charge in [0.2, 0.25) is 0 Å². The summed E-state index contributed by atoms with van der Waals surface area (Å²) in [7, 11) is 1.40. The second-order valence-electron chi connectivity index (χ2n) is 3.51. The molecule has 0 heterocycles. The summed E-state index contributed by atoms with van der Waals surface area (Å²) < 4.78 is 18.4. The van der Waals surface area contributed by atoms with Crippen LogP contribution in [0, 0.1) is 5.82 Å². The Bertz CT molecular complexity index is 555. The maximum atomic E-state index is 13.5. The zero-order chi connectivity index (χ0) is 12.4. The summed E-state index contributed by atoms with van der Waals surface area (Å²) in [5.74, 6) is -0.265. The van der Waals surface area contributed by atoms with Gasteiger partial charge in [-0.3, -0.25) is 0 Å². The summed E-state index contributed by atoms with van der Waals surface area (Å²) >= 11 is 5.84. The summed E-state index contributed by atoms with van der Waals surface area (Å²) in [5, 5.41) is 10.2. The van der Waals surface area contributed by atoms with Crippen LogP contribution in [-0.4, -0.2) is 12.2 Å². The van der Waals surface area contributed by atoms with Crippen LogP contribution in [0.5, 0.6) is 11.5 Å². The normalized spacial score (nSPS) is 10.3. The maximum absolute atomic E-state index is 13.5. The SMILES string of the molecule is COc1ccc(-c2cc(Cl)ccc2O)cc1F. The minimum Gasteiger partial charge on any atom is -0.507 e. The van der Waals surface area contributed by atoms with Gasteiger partial charge in [0.25, 0.3) is 0 Å². The third kappa shape index (κ3) is 2.34. The zero-order valence-corrected chi connectivity index (χ0v) is 9.83. The third-order valence-corrected chi connectivity index (χ3v) is 2.66. The molecular weight excluding hydrogens is 243 g/mol. The molecule has 0 aliphatic heterocycles. The zero-order valence-electron chi connectivity index (χ0n) is 9.08. The smallest absolute Gasteiger partial charge is 0.165 e. The molecule has 0 aliphatic rings. The molecule has 0 radical (unpaired) electrons. The molecule has 4 heteroatoms. The summed E-state index contributed by atoms with van der Waals surface area (Å²) in [5.41, 5.74) is 1.03. The van der Waals surface area contributed by atoms with Crippen molar-refractivity contribution in [3.63, 3.8) is 0 Å². The fraction of sp³-hybridized carbons (Fsp3) is 0.0769. The lowest BCUT2D eigenvalue weighted by molar-refractivity contribution is 0.386. The Kier molecular flexibility index (Phi) is 3.20. The maximum Gasteiger partial charge on any atom is 0.165 e. The van der Waals surface area contributed by atoms with Gasteiger partial charge in [-0.15, -0.1) is 0 Å². The lowest BCUT2D eigenvalue weighted by Gasteiger charge is -2.07. The molecule has 0 saturated heterocycles. The van der Waals surface area contributed by atoms with Crippen LogP contribution < -0.4 is 4.74 Å². The number of hydrogen-bond acceptors (Lipinski definition) is 2. The number of phenolic OH excluding ortho intramolecular Hbond substituents is 1. The molecule has 0 unspecified atom stereocenters. The van der Waals surface area contributed by atoms with Gasteiger partial charge in [0.15, 0.2) is 11.6 Å². The molecule has 2 aromatic rings. The Hall–Kier alpha value is -1.74. The number of rotatable bonds is 2. The van der Waals surface area contributed by atoms with Crippen LogP contribution in [0.4, 0.5) is 4.39 Å². The number of benzene rings is 2. The van der Waals surface area contributed by atoms with Crippen LogP contribution in [0.1, 0.15) is 0 Å². The number of halogens is 2. The molecule has 17 heavy (non-hydrogen) atoms. The van der Waals surface area contributed by atoms with Gasteiger partial charge in [0.1, 0.15) is 5.75 Å². The van der Waals surface area contributed by atoms with Crippen LogP contribution in [-0.2, 0) is 0 Å². The highest BCUT2D eigenvalue weighted by atomic mass is 35.5. The van der Waals surface area contributed by atoms with Gasteiger partial charge in [0.05, 0.1) is 7.11 Å². The fourth-order valence-corrected chi connectivity index (χ4v) is 1.75. The van der Waals surface area contributed by atoms with Crippen LogP contribution in [0.3, 0.4) is 0 Å². The third-order valence-electron chi connectivity index (χ3n) is 2.42. The van der Waals surface area contributed by atoms with Crippen molar-refractivity contribution in [2.24, 2.45) is 0 Å². The Morgan fingerprint density at radius 3 is 2.59 bits per heavy atom. The summed E-state index contributed by atoms with van der Waals surface area (Å²) in [4.78, 5) is 0. The van der Waals surface area contributed by atoms with E-state index in [1.807, 2.05) is 0 Å². The Labute approximate surface area is 103 Å². The van der Waals surface area contributed by atoms with E-state index in [1.165, 1.54) is 25.3 Å². The second kappa shape index (κ2) is 4.63. The largest absolute Gasteiger partial charge is 0.507 e. The molecular formula is C13H10ClFO2. The van der Waals surface area contributed by atoms with Crippen molar-refractivity contribution in [2.75, 3.05) is 7.11 Å². The topological polar surface area (TPSA) is 29.5 Å². The van der Waals surface area contributed by atoms with E-state index in [9.17, 15) is 9.50 Å². The van der Waals surface area contributed by atoms with E-state index < -0.39 is 5.82 Å². The first-order valence-electron chi connectivity index (χ1n) is 4.94. The molecule has 2 aromatic carbocycles. The second-order valence-corrected chi connectivity index (χ2v) is 3.95. The van der Waals surface area contributed by atoms with E-state index in [-0.39, 0.29) is 11.5 Å². The highest BCUT2D eigenvalue weighted by Crippen LogP contribution is 2.33. The standard InChI is InChI=1S/C13H10ClFO2/c1-17-13-5-2-8(6-11(13)15)10-7-9(14)3-4-12(10)16/h2-7,16H,1H3. The van der Waals surface area contributed by atoms with Gasteiger partial charge in [-0.2, -0.15) is 0 Å². The van der Waals surface area contributed by atoms with E-state index in [4.69, 9.17) is 16.3 Å². The van der Waals surface area contributed by atoms with Crippen molar-refractivity contribution in [3.05, 3.63) is 47.2 Å². The highest BCUT2D eigenvalue weighted by Gasteiger charge is 2.09. The average molecular weight is 253 g/mol. The molecule has 1 N–H and O–H groups in total. The molecule has 2 rings (SSSR count). The highest BCUT2D eigenvalue weighted by molar-refractivity contribution is 6.31. The predicted octanol–water partition coefficient (Wildman–Crippen LogP) is 3.86. The summed E-state index contributed by atoms with van der Waals surface area (Å²) in [6, 6.07) is 9.08. The summed E-state index contributed by atoms with van der Waals surface area (Å²) in [6.45, 7) is 0. The number of hydrogen-bond donors (Lipinski definition) is 1. The van der Waals surface area contributed by atoms with Gasteiger partial charge in [-0.25, -0.2) is 4.39 Å². The van der Waals surface area contributed by atoms with Crippen molar-refractivity contribution in [2.45, 2.75) is 0 Å². The number of methoxy groups -OCH3 is 1. The first-order chi connectivity index (χ1) is 8.11. The Morgan fingerprint density at radius 2 is 1.94 bits per heavy atom. The van der Waals surface area contributed by atoms with Crippen LogP contribution in [0.15, 0.2) is 36.4 Å². The van der Waals surface area contributed by atoms with Crippen LogP contribution in [0.2, 0.25) is 5.02 Å². The van der Waals surface area contributed by atoms with Crippen LogP contribution >= 0.6 is 11.6 Å².